The lowest BCUT2D eigenvalue weighted by atomic mass is 10.0. The van der Waals surface area contributed by atoms with Gasteiger partial charge in [-0.2, -0.15) is 0 Å². The first-order valence-electron chi connectivity index (χ1n) is 7.14. The summed E-state index contributed by atoms with van der Waals surface area (Å²) >= 11 is 3.52. The number of benzene rings is 2. The van der Waals surface area contributed by atoms with E-state index in [2.05, 4.69) is 33.0 Å². The van der Waals surface area contributed by atoms with Gasteiger partial charge in [0.25, 0.3) is 0 Å². The maximum Gasteiger partial charge on any atom is 0.125 e. The summed E-state index contributed by atoms with van der Waals surface area (Å²) in [5, 5.41) is 0. The number of anilines is 2. The second-order valence-electron chi connectivity index (χ2n) is 5.63. The molecule has 4 heteroatoms. The fraction of sp³-hybridized carbons (Fsp3) is 0.294. The minimum Gasteiger partial charge on any atom is -0.341 e. The Hall–Kier alpha value is -1.39. The van der Waals surface area contributed by atoms with Crippen LogP contribution in [-0.4, -0.2) is 12.6 Å². The first-order chi connectivity index (χ1) is 10.0. The van der Waals surface area contributed by atoms with Crippen LogP contribution in [0.2, 0.25) is 0 Å². The standard InChI is InChI=1S/C17H18BrFN2/c1-11(20)8-13-9-14(18)3-5-16(13)21-7-6-12-2-4-15(19)10-17(12)21/h2-5,9-11H,6-8,20H2,1H3. The number of rotatable bonds is 3. The first kappa shape index (κ1) is 14.5. The van der Waals surface area contributed by atoms with E-state index in [0.29, 0.717) is 0 Å². The number of halogens is 2. The summed E-state index contributed by atoms with van der Waals surface area (Å²) in [6, 6.07) is 11.4. The van der Waals surface area contributed by atoms with E-state index < -0.39 is 0 Å². The van der Waals surface area contributed by atoms with Crippen LogP contribution in [0.25, 0.3) is 0 Å². The molecule has 0 amide bonds. The highest BCUT2D eigenvalue weighted by molar-refractivity contribution is 9.10. The average Bonchev–Trinajstić information content (AvgIpc) is 2.81. The van der Waals surface area contributed by atoms with Crippen molar-refractivity contribution in [1.29, 1.82) is 0 Å². The van der Waals surface area contributed by atoms with Crippen LogP contribution >= 0.6 is 15.9 Å². The summed E-state index contributed by atoms with van der Waals surface area (Å²) in [7, 11) is 0. The summed E-state index contributed by atoms with van der Waals surface area (Å²) in [4.78, 5) is 2.20. The highest BCUT2D eigenvalue weighted by atomic mass is 79.9. The Labute approximate surface area is 132 Å². The van der Waals surface area contributed by atoms with Gasteiger partial charge in [-0.3, -0.25) is 0 Å². The van der Waals surface area contributed by atoms with Crippen molar-refractivity contribution < 1.29 is 4.39 Å². The lowest BCUT2D eigenvalue weighted by Crippen LogP contribution is -2.21. The van der Waals surface area contributed by atoms with E-state index in [-0.39, 0.29) is 11.9 Å². The molecule has 21 heavy (non-hydrogen) atoms. The van der Waals surface area contributed by atoms with Gasteiger partial charge in [0.15, 0.2) is 0 Å². The van der Waals surface area contributed by atoms with E-state index in [1.807, 2.05) is 19.1 Å². The summed E-state index contributed by atoms with van der Waals surface area (Å²) < 4.78 is 14.6. The van der Waals surface area contributed by atoms with Crippen molar-refractivity contribution in [1.82, 2.24) is 0 Å². The smallest absolute Gasteiger partial charge is 0.125 e. The second kappa shape index (κ2) is 5.78. The van der Waals surface area contributed by atoms with E-state index in [1.165, 1.54) is 17.2 Å². The molecule has 0 radical (unpaired) electrons. The topological polar surface area (TPSA) is 29.3 Å². The third-order valence-corrected chi connectivity index (χ3v) is 4.31. The molecule has 3 rings (SSSR count). The van der Waals surface area contributed by atoms with E-state index in [0.717, 1.165) is 35.2 Å². The maximum atomic E-state index is 13.6. The van der Waals surface area contributed by atoms with Crippen LogP contribution in [0.3, 0.4) is 0 Å². The molecule has 0 bridgehead atoms. The molecule has 0 aromatic heterocycles. The highest BCUT2D eigenvalue weighted by Crippen LogP contribution is 2.37. The molecule has 2 nitrogen and oxygen atoms in total. The Bertz CT molecular complexity index is 670. The van der Waals surface area contributed by atoms with E-state index in [1.54, 1.807) is 6.07 Å². The van der Waals surface area contributed by atoms with Crippen LogP contribution in [0.15, 0.2) is 40.9 Å². The lowest BCUT2D eigenvalue weighted by molar-refractivity contribution is 0.628. The van der Waals surface area contributed by atoms with Crippen LogP contribution in [0.5, 0.6) is 0 Å². The molecule has 1 aliphatic heterocycles. The Morgan fingerprint density at radius 3 is 2.81 bits per heavy atom. The van der Waals surface area contributed by atoms with Crippen LogP contribution in [0.1, 0.15) is 18.1 Å². The zero-order valence-corrected chi connectivity index (χ0v) is 13.5. The first-order valence-corrected chi connectivity index (χ1v) is 7.94. The predicted octanol–water partition coefficient (Wildman–Crippen LogP) is 4.17. The van der Waals surface area contributed by atoms with Gasteiger partial charge in [-0.15, -0.1) is 0 Å². The number of hydrogen-bond donors (Lipinski definition) is 1. The van der Waals surface area contributed by atoms with Crippen molar-refractivity contribution in [3.63, 3.8) is 0 Å². The Morgan fingerprint density at radius 2 is 2.05 bits per heavy atom. The van der Waals surface area contributed by atoms with Crippen molar-refractivity contribution in [3.8, 4) is 0 Å². The molecule has 2 aromatic carbocycles. The summed E-state index contributed by atoms with van der Waals surface area (Å²) in [5.41, 5.74) is 10.5. The van der Waals surface area contributed by atoms with Crippen molar-refractivity contribution in [3.05, 3.63) is 57.8 Å². The third kappa shape index (κ3) is 2.97. The van der Waals surface area contributed by atoms with Crippen molar-refractivity contribution >= 4 is 27.3 Å². The van der Waals surface area contributed by atoms with E-state index in [9.17, 15) is 4.39 Å². The van der Waals surface area contributed by atoms with E-state index in [4.69, 9.17) is 5.73 Å². The molecule has 1 unspecified atom stereocenters. The Kier molecular flexibility index (Phi) is 4.00. The second-order valence-corrected chi connectivity index (χ2v) is 6.54. The van der Waals surface area contributed by atoms with Crippen molar-refractivity contribution in [2.24, 2.45) is 5.73 Å². The molecule has 0 aliphatic carbocycles. The summed E-state index contributed by atoms with van der Waals surface area (Å²) in [6.45, 7) is 2.88. The molecular weight excluding hydrogens is 331 g/mol. The van der Waals surface area contributed by atoms with Gasteiger partial charge in [-0.1, -0.05) is 22.0 Å². The van der Waals surface area contributed by atoms with Gasteiger partial charge >= 0.3 is 0 Å². The van der Waals surface area contributed by atoms with Crippen molar-refractivity contribution in [2.75, 3.05) is 11.4 Å². The minimum atomic E-state index is -0.188. The summed E-state index contributed by atoms with van der Waals surface area (Å²) in [5.74, 6) is -0.188. The molecule has 2 N–H and O–H groups in total. The molecule has 0 fully saturated rings. The highest BCUT2D eigenvalue weighted by Gasteiger charge is 2.23. The average molecular weight is 349 g/mol. The van der Waals surface area contributed by atoms with E-state index >= 15 is 0 Å². The van der Waals surface area contributed by atoms with Crippen LogP contribution in [0, 0.1) is 5.82 Å². The van der Waals surface area contributed by atoms with Crippen LogP contribution in [-0.2, 0) is 12.8 Å². The Morgan fingerprint density at radius 1 is 1.24 bits per heavy atom. The zero-order chi connectivity index (χ0) is 15.0. The normalized spacial score (nSPS) is 15.1. The SMILES string of the molecule is CC(N)Cc1cc(Br)ccc1N1CCc2ccc(F)cc21. The molecule has 1 aliphatic rings. The number of nitrogens with zero attached hydrogens (tertiary/aromatic N) is 1. The van der Waals surface area contributed by atoms with Gasteiger partial charge in [-0.25, -0.2) is 4.39 Å². The minimum absolute atomic E-state index is 0.0904. The fourth-order valence-corrected chi connectivity index (χ4v) is 3.34. The third-order valence-electron chi connectivity index (χ3n) is 3.82. The lowest BCUT2D eigenvalue weighted by Gasteiger charge is -2.24. The largest absolute Gasteiger partial charge is 0.341 e. The van der Waals surface area contributed by atoms with Crippen molar-refractivity contribution in [2.45, 2.75) is 25.8 Å². The van der Waals surface area contributed by atoms with Crippen LogP contribution in [0.4, 0.5) is 15.8 Å². The summed E-state index contributed by atoms with van der Waals surface area (Å²) in [6.07, 6.45) is 1.75. The van der Waals surface area contributed by atoms with Gasteiger partial charge < -0.3 is 10.6 Å². The van der Waals surface area contributed by atoms with Gasteiger partial charge in [0, 0.05) is 28.4 Å². The Balaban J connectivity index is 2.04. The monoisotopic (exact) mass is 348 g/mol. The van der Waals surface area contributed by atoms with Gasteiger partial charge in [0.05, 0.1) is 0 Å². The molecular formula is C17H18BrFN2. The quantitative estimate of drug-likeness (QED) is 0.901. The number of hydrogen-bond acceptors (Lipinski definition) is 2. The van der Waals surface area contributed by atoms with Gasteiger partial charge in [0.2, 0.25) is 0 Å². The predicted molar refractivity (Wildman–Crippen MR) is 88.6 cm³/mol. The molecule has 0 spiro atoms. The maximum absolute atomic E-state index is 13.6. The molecule has 0 saturated carbocycles. The fourth-order valence-electron chi connectivity index (χ4n) is 2.93. The van der Waals surface area contributed by atoms with Crippen LogP contribution < -0.4 is 10.6 Å². The molecule has 1 heterocycles. The number of nitrogens with two attached hydrogens (primary N) is 1. The number of fused-ring (bicyclic) bond motifs is 1. The molecule has 2 aromatic rings. The van der Waals surface area contributed by atoms with Gasteiger partial charge in [-0.05, 0) is 61.2 Å². The molecule has 110 valence electrons. The molecule has 0 saturated heterocycles. The van der Waals surface area contributed by atoms with Gasteiger partial charge in [0.1, 0.15) is 5.82 Å². The molecule has 1 atom stereocenters. The zero-order valence-electron chi connectivity index (χ0n) is 11.9.